The zero-order chi connectivity index (χ0) is 27.5. The number of carbonyl (C=O) groups is 2. The van der Waals surface area contributed by atoms with Gasteiger partial charge in [-0.1, -0.05) is 54.1 Å². The Balaban J connectivity index is 1.22. The Bertz CT molecular complexity index is 1600. The molecule has 1 unspecified atom stereocenters. The number of aliphatic carboxylic acids is 1. The number of aromatic amines is 1. The molecule has 0 radical (unpaired) electrons. The number of fused-ring (bicyclic) bond motifs is 1. The Kier molecular flexibility index (Phi) is 7.47. The van der Waals surface area contributed by atoms with Gasteiger partial charge in [-0.25, -0.2) is 9.78 Å². The molecule has 7 nitrogen and oxygen atoms in total. The van der Waals surface area contributed by atoms with Crippen LogP contribution in [0.25, 0.3) is 21.5 Å². The molecule has 0 spiro atoms. The third-order valence-electron chi connectivity index (χ3n) is 6.67. The Hall–Kier alpha value is -4.43. The summed E-state index contributed by atoms with van der Waals surface area (Å²) in [6.07, 6.45) is 0.197. The average Bonchev–Trinajstić information content (AvgIpc) is 3.54. The van der Waals surface area contributed by atoms with Crippen LogP contribution in [0.1, 0.15) is 37.5 Å². The number of carboxylic acids is 1. The van der Waals surface area contributed by atoms with E-state index >= 15 is 0 Å². The Morgan fingerprint density at radius 2 is 1.69 bits per heavy atom. The first-order valence-electron chi connectivity index (χ1n) is 12.7. The predicted molar refractivity (Wildman–Crippen MR) is 156 cm³/mol. The molecule has 0 aliphatic heterocycles. The van der Waals surface area contributed by atoms with Gasteiger partial charge in [0.05, 0.1) is 17.6 Å². The standard InChI is InChI=1S/C31H30N4O3S/c1-18-14-19(2)28(20(3)15-18)29(36)33-26(30(37)38)16-21-8-10-22(11-9-21)27-13-12-23(39-27)17-32-31-34-24-6-4-5-7-25(24)35-31/h4-15,26H,16-17H2,1-3H3,(H,33,36)(H,37,38)(H2,32,34,35). The van der Waals surface area contributed by atoms with Crippen LogP contribution in [0.2, 0.25) is 0 Å². The Labute approximate surface area is 230 Å². The maximum Gasteiger partial charge on any atom is 0.326 e. The van der Waals surface area contributed by atoms with Crippen LogP contribution in [0.15, 0.2) is 72.8 Å². The number of thiophene rings is 1. The van der Waals surface area contributed by atoms with Gasteiger partial charge in [-0.15, -0.1) is 11.3 Å². The number of nitrogens with one attached hydrogen (secondary N) is 3. The van der Waals surface area contributed by atoms with Crippen LogP contribution < -0.4 is 10.6 Å². The van der Waals surface area contributed by atoms with Gasteiger partial charge in [0.25, 0.3) is 5.91 Å². The first-order valence-corrected chi connectivity index (χ1v) is 13.6. The number of imidazole rings is 1. The number of aryl methyl sites for hydroxylation is 3. The number of anilines is 1. The van der Waals surface area contributed by atoms with Gasteiger partial charge in [0.1, 0.15) is 6.04 Å². The summed E-state index contributed by atoms with van der Waals surface area (Å²) in [7, 11) is 0. The first-order chi connectivity index (χ1) is 18.8. The lowest BCUT2D eigenvalue weighted by Crippen LogP contribution is -2.42. The SMILES string of the molecule is Cc1cc(C)c(C(=O)NC(Cc2ccc(-c3ccc(CNc4nc5ccccc5[nH]4)s3)cc2)C(=O)O)c(C)c1. The third kappa shape index (κ3) is 6.02. The molecule has 0 saturated carbocycles. The number of hydrogen-bond donors (Lipinski definition) is 4. The van der Waals surface area contributed by atoms with Crippen molar-refractivity contribution in [2.45, 2.75) is 39.8 Å². The molecule has 5 rings (SSSR count). The van der Waals surface area contributed by atoms with Crippen molar-refractivity contribution in [3.8, 4) is 10.4 Å². The van der Waals surface area contributed by atoms with E-state index in [1.54, 1.807) is 11.3 Å². The molecule has 0 aliphatic rings. The summed E-state index contributed by atoms with van der Waals surface area (Å²) in [5.41, 5.74) is 7.09. The summed E-state index contributed by atoms with van der Waals surface area (Å²) in [6.45, 7) is 6.37. The van der Waals surface area contributed by atoms with Crippen molar-refractivity contribution in [2.24, 2.45) is 0 Å². The van der Waals surface area contributed by atoms with Gasteiger partial charge < -0.3 is 20.7 Å². The van der Waals surface area contributed by atoms with Crippen LogP contribution in [0.5, 0.6) is 0 Å². The van der Waals surface area contributed by atoms with E-state index in [-0.39, 0.29) is 12.3 Å². The molecule has 2 heterocycles. The fraction of sp³-hybridized carbons (Fsp3) is 0.194. The predicted octanol–water partition coefficient (Wildman–Crippen LogP) is 6.25. The van der Waals surface area contributed by atoms with Crippen LogP contribution in [0.4, 0.5) is 5.95 Å². The zero-order valence-corrected chi connectivity index (χ0v) is 22.9. The van der Waals surface area contributed by atoms with Gasteiger partial charge >= 0.3 is 5.97 Å². The lowest BCUT2D eigenvalue weighted by molar-refractivity contribution is -0.139. The van der Waals surface area contributed by atoms with E-state index in [4.69, 9.17) is 0 Å². The summed E-state index contributed by atoms with van der Waals surface area (Å²) in [4.78, 5) is 35.0. The molecule has 5 aromatic rings. The van der Waals surface area contributed by atoms with E-state index in [0.29, 0.717) is 12.1 Å². The summed E-state index contributed by atoms with van der Waals surface area (Å²) in [6, 6.07) is 22.8. The second kappa shape index (κ2) is 11.1. The van der Waals surface area contributed by atoms with Crippen molar-refractivity contribution < 1.29 is 14.7 Å². The van der Waals surface area contributed by atoms with E-state index in [1.165, 1.54) is 4.88 Å². The van der Waals surface area contributed by atoms with Gasteiger partial charge in [-0.3, -0.25) is 4.79 Å². The molecule has 4 N–H and O–H groups in total. The molecule has 0 aliphatic carbocycles. The fourth-order valence-electron chi connectivity index (χ4n) is 4.84. The van der Waals surface area contributed by atoms with Crippen molar-refractivity contribution in [1.82, 2.24) is 15.3 Å². The van der Waals surface area contributed by atoms with E-state index in [9.17, 15) is 14.7 Å². The van der Waals surface area contributed by atoms with E-state index in [0.717, 1.165) is 49.7 Å². The number of hydrogen-bond acceptors (Lipinski definition) is 5. The van der Waals surface area contributed by atoms with Crippen LogP contribution in [0, 0.1) is 20.8 Å². The van der Waals surface area contributed by atoms with Gasteiger partial charge in [0.15, 0.2) is 0 Å². The van der Waals surface area contributed by atoms with Crippen molar-refractivity contribution in [3.63, 3.8) is 0 Å². The van der Waals surface area contributed by atoms with Gasteiger partial charge in [0, 0.05) is 21.7 Å². The number of para-hydroxylation sites is 2. The third-order valence-corrected chi connectivity index (χ3v) is 7.80. The number of nitrogens with zero attached hydrogens (tertiary/aromatic N) is 1. The highest BCUT2D eigenvalue weighted by molar-refractivity contribution is 7.15. The Morgan fingerprint density at radius 3 is 2.38 bits per heavy atom. The van der Waals surface area contributed by atoms with Gasteiger partial charge in [-0.2, -0.15) is 0 Å². The normalized spacial score (nSPS) is 11.9. The average molecular weight is 539 g/mol. The number of H-pyrrole nitrogens is 1. The highest BCUT2D eigenvalue weighted by Gasteiger charge is 2.23. The van der Waals surface area contributed by atoms with Crippen molar-refractivity contribution in [3.05, 3.63) is 105 Å². The lowest BCUT2D eigenvalue weighted by atomic mass is 9.98. The number of carboxylic acid groups (broad SMARTS) is 1. The van der Waals surface area contributed by atoms with E-state index < -0.39 is 12.0 Å². The summed E-state index contributed by atoms with van der Waals surface area (Å²) >= 11 is 1.69. The molecule has 198 valence electrons. The monoisotopic (exact) mass is 538 g/mol. The van der Waals surface area contributed by atoms with Gasteiger partial charge in [-0.05, 0) is 67.3 Å². The van der Waals surface area contributed by atoms with Crippen molar-refractivity contribution in [2.75, 3.05) is 5.32 Å². The van der Waals surface area contributed by atoms with Crippen LogP contribution in [-0.4, -0.2) is 33.0 Å². The molecule has 1 atom stereocenters. The number of rotatable bonds is 9. The van der Waals surface area contributed by atoms with Gasteiger partial charge in [0.2, 0.25) is 5.95 Å². The molecule has 39 heavy (non-hydrogen) atoms. The number of carbonyl (C=O) groups excluding carboxylic acids is 1. The van der Waals surface area contributed by atoms with Crippen molar-refractivity contribution >= 4 is 40.2 Å². The summed E-state index contributed by atoms with van der Waals surface area (Å²) < 4.78 is 0. The zero-order valence-electron chi connectivity index (χ0n) is 22.0. The number of benzene rings is 3. The fourth-order valence-corrected chi connectivity index (χ4v) is 5.80. The molecule has 0 bridgehead atoms. The quantitative estimate of drug-likeness (QED) is 0.177. The topological polar surface area (TPSA) is 107 Å². The van der Waals surface area contributed by atoms with Crippen LogP contribution in [-0.2, 0) is 17.8 Å². The second-order valence-electron chi connectivity index (χ2n) is 9.76. The first kappa shape index (κ1) is 26.2. The largest absolute Gasteiger partial charge is 0.480 e. The van der Waals surface area contributed by atoms with E-state index in [2.05, 4.69) is 32.7 Å². The maximum atomic E-state index is 12.9. The number of amides is 1. The molecule has 1 amide bonds. The highest BCUT2D eigenvalue weighted by Crippen LogP contribution is 2.29. The minimum absolute atomic E-state index is 0.197. The molecule has 3 aromatic carbocycles. The smallest absolute Gasteiger partial charge is 0.326 e. The van der Waals surface area contributed by atoms with Crippen LogP contribution >= 0.6 is 11.3 Å². The number of aromatic nitrogens is 2. The van der Waals surface area contributed by atoms with Crippen molar-refractivity contribution in [1.29, 1.82) is 0 Å². The molecule has 8 heteroatoms. The highest BCUT2D eigenvalue weighted by atomic mass is 32.1. The molecule has 0 saturated heterocycles. The second-order valence-corrected chi connectivity index (χ2v) is 10.9. The van der Waals surface area contributed by atoms with Crippen LogP contribution in [0.3, 0.4) is 0 Å². The minimum atomic E-state index is -1.06. The minimum Gasteiger partial charge on any atom is -0.480 e. The summed E-state index contributed by atoms with van der Waals surface area (Å²) in [5.74, 6) is -0.686. The maximum absolute atomic E-state index is 12.9. The molecule has 2 aromatic heterocycles. The van der Waals surface area contributed by atoms with E-state index in [1.807, 2.05) is 81.4 Å². The Morgan fingerprint density at radius 1 is 0.974 bits per heavy atom. The lowest BCUT2D eigenvalue weighted by Gasteiger charge is -2.17. The molecular formula is C31H30N4O3S. The summed E-state index contributed by atoms with van der Waals surface area (Å²) in [5, 5.41) is 15.9. The molecule has 0 fully saturated rings. The molecular weight excluding hydrogens is 508 g/mol.